The van der Waals surface area contributed by atoms with Crippen LogP contribution in [0.25, 0.3) is 0 Å². The summed E-state index contributed by atoms with van der Waals surface area (Å²) >= 11 is 5.90. The van der Waals surface area contributed by atoms with Gasteiger partial charge < -0.3 is 15.0 Å². The highest BCUT2D eigenvalue weighted by molar-refractivity contribution is 6.30. The van der Waals surface area contributed by atoms with E-state index in [-0.39, 0.29) is 11.9 Å². The van der Waals surface area contributed by atoms with Gasteiger partial charge in [0, 0.05) is 51.4 Å². The number of urea groups is 1. The van der Waals surface area contributed by atoms with Crippen molar-refractivity contribution in [3.8, 4) is 0 Å². The third-order valence-corrected chi connectivity index (χ3v) is 4.52. The zero-order chi connectivity index (χ0) is 16.7. The molecule has 1 atom stereocenters. The van der Waals surface area contributed by atoms with Crippen LogP contribution in [0.2, 0.25) is 5.02 Å². The average molecular weight is 340 g/mol. The first-order valence-electron chi connectivity index (χ1n) is 8.09. The Morgan fingerprint density at radius 1 is 1.26 bits per heavy atom. The van der Waals surface area contributed by atoms with E-state index in [2.05, 4.69) is 17.1 Å². The molecule has 23 heavy (non-hydrogen) atoms. The molecule has 0 radical (unpaired) electrons. The Morgan fingerprint density at radius 3 is 2.52 bits per heavy atom. The van der Waals surface area contributed by atoms with Crippen molar-refractivity contribution >= 4 is 17.6 Å². The van der Waals surface area contributed by atoms with Crippen LogP contribution in [-0.4, -0.2) is 68.8 Å². The summed E-state index contributed by atoms with van der Waals surface area (Å²) in [5.41, 5.74) is 1.18. The Bertz CT molecular complexity index is 487. The van der Waals surface area contributed by atoms with Crippen molar-refractivity contribution < 1.29 is 9.53 Å². The van der Waals surface area contributed by atoms with Crippen molar-refractivity contribution in [3.05, 3.63) is 34.9 Å². The molecule has 0 aliphatic carbocycles. The van der Waals surface area contributed by atoms with Crippen molar-refractivity contribution in [1.29, 1.82) is 0 Å². The van der Waals surface area contributed by atoms with Crippen LogP contribution in [0.4, 0.5) is 4.79 Å². The molecule has 0 saturated carbocycles. The first-order valence-corrected chi connectivity index (χ1v) is 8.47. The van der Waals surface area contributed by atoms with E-state index in [0.717, 1.165) is 44.4 Å². The number of carbonyl (C=O) groups excluding carboxylic acids is 1. The average Bonchev–Trinajstić information content (AvgIpc) is 2.58. The fourth-order valence-corrected chi connectivity index (χ4v) is 2.78. The number of methoxy groups -OCH3 is 1. The Morgan fingerprint density at radius 2 is 1.91 bits per heavy atom. The van der Waals surface area contributed by atoms with Gasteiger partial charge in [-0.2, -0.15) is 0 Å². The molecular weight excluding hydrogens is 314 g/mol. The minimum atomic E-state index is 0.0252. The first-order chi connectivity index (χ1) is 11.1. The number of ether oxygens (including phenoxy) is 1. The van der Waals surface area contributed by atoms with Crippen LogP contribution < -0.4 is 5.32 Å². The molecule has 5 nitrogen and oxygen atoms in total. The molecule has 1 heterocycles. The van der Waals surface area contributed by atoms with Crippen molar-refractivity contribution in [2.24, 2.45) is 0 Å². The molecule has 1 N–H and O–H groups in total. The lowest BCUT2D eigenvalue weighted by Crippen LogP contribution is -2.52. The standard InChI is InChI=1S/C17H26ClN3O2/c1-14(15-3-5-16(18)6-4-15)13-19-17(22)21-9-7-20(8-10-21)11-12-23-2/h3-6,14H,7-13H2,1-2H3,(H,19,22)/t14-/m0/s1. The van der Waals surface area contributed by atoms with Crippen LogP contribution >= 0.6 is 11.6 Å². The number of nitrogens with one attached hydrogen (secondary N) is 1. The van der Waals surface area contributed by atoms with Gasteiger partial charge in [-0.05, 0) is 23.6 Å². The molecule has 0 unspecified atom stereocenters. The summed E-state index contributed by atoms with van der Waals surface area (Å²) in [5.74, 6) is 0.263. The maximum Gasteiger partial charge on any atom is 0.317 e. The fraction of sp³-hybridized carbons (Fsp3) is 0.588. The van der Waals surface area contributed by atoms with Crippen molar-refractivity contribution in [3.63, 3.8) is 0 Å². The van der Waals surface area contributed by atoms with Crippen molar-refractivity contribution in [2.75, 3.05) is 53.0 Å². The molecule has 1 aliphatic rings. The monoisotopic (exact) mass is 339 g/mol. The van der Waals surface area contributed by atoms with Gasteiger partial charge in [0.05, 0.1) is 6.61 Å². The van der Waals surface area contributed by atoms with E-state index in [4.69, 9.17) is 16.3 Å². The highest BCUT2D eigenvalue weighted by Crippen LogP contribution is 2.17. The fourth-order valence-electron chi connectivity index (χ4n) is 2.66. The van der Waals surface area contributed by atoms with Crippen LogP contribution in [0.3, 0.4) is 0 Å². The lowest BCUT2D eigenvalue weighted by Gasteiger charge is -2.34. The zero-order valence-corrected chi connectivity index (χ0v) is 14.7. The Kier molecular flexibility index (Phi) is 7.15. The number of rotatable bonds is 6. The van der Waals surface area contributed by atoms with E-state index in [1.54, 1.807) is 7.11 Å². The molecule has 1 aliphatic heterocycles. The number of halogens is 1. The summed E-state index contributed by atoms with van der Waals surface area (Å²) in [5, 5.41) is 3.77. The van der Waals surface area contributed by atoms with Crippen molar-refractivity contribution in [1.82, 2.24) is 15.1 Å². The van der Waals surface area contributed by atoms with Crippen LogP contribution in [0.15, 0.2) is 24.3 Å². The summed E-state index contributed by atoms with van der Waals surface area (Å²) in [4.78, 5) is 16.5. The number of amides is 2. The van der Waals surface area contributed by atoms with Crippen molar-refractivity contribution in [2.45, 2.75) is 12.8 Å². The van der Waals surface area contributed by atoms with Crippen LogP contribution in [0.5, 0.6) is 0 Å². The second-order valence-corrected chi connectivity index (χ2v) is 6.40. The zero-order valence-electron chi connectivity index (χ0n) is 13.9. The Hall–Kier alpha value is -1.30. The van der Waals surface area contributed by atoms with E-state index in [0.29, 0.717) is 6.54 Å². The van der Waals surface area contributed by atoms with Gasteiger partial charge in [-0.3, -0.25) is 4.90 Å². The van der Waals surface area contributed by atoms with Crippen LogP contribution in [0.1, 0.15) is 18.4 Å². The molecule has 0 bridgehead atoms. The van der Waals surface area contributed by atoms with E-state index in [9.17, 15) is 4.79 Å². The molecule has 2 amide bonds. The van der Waals surface area contributed by atoms with Gasteiger partial charge in [0.15, 0.2) is 0 Å². The molecule has 0 aromatic heterocycles. The summed E-state index contributed by atoms with van der Waals surface area (Å²) in [6.07, 6.45) is 0. The molecule has 6 heteroatoms. The topological polar surface area (TPSA) is 44.8 Å². The SMILES string of the molecule is COCCN1CCN(C(=O)NC[C@H](C)c2ccc(Cl)cc2)CC1. The largest absolute Gasteiger partial charge is 0.383 e. The van der Waals surface area contributed by atoms with Gasteiger partial charge in [-0.25, -0.2) is 4.79 Å². The second-order valence-electron chi connectivity index (χ2n) is 5.96. The highest BCUT2D eigenvalue weighted by Gasteiger charge is 2.21. The molecule has 1 aromatic rings. The van der Waals surface area contributed by atoms with Gasteiger partial charge >= 0.3 is 6.03 Å². The maximum atomic E-state index is 12.3. The quantitative estimate of drug-likeness (QED) is 0.865. The molecule has 2 rings (SSSR count). The summed E-state index contributed by atoms with van der Waals surface area (Å²) < 4.78 is 5.09. The van der Waals surface area contributed by atoms with E-state index in [1.807, 2.05) is 29.2 Å². The minimum Gasteiger partial charge on any atom is -0.383 e. The predicted octanol–water partition coefficient (Wildman–Crippen LogP) is 2.42. The Balaban J connectivity index is 1.72. The third-order valence-electron chi connectivity index (χ3n) is 4.27. The molecule has 0 spiro atoms. The molecular formula is C17H26ClN3O2. The smallest absolute Gasteiger partial charge is 0.317 e. The lowest BCUT2D eigenvalue weighted by atomic mass is 10.0. The number of carbonyl (C=O) groups is 1. The van der Waals surface area contributed by atoms with Gasteiger partial charge in [-0.15, -0.1) is 0 Å². The second kappa shape index (κ2) is 9.11. The number of hydrogen-bond acceptors (Lipinski definition) is 3. The van der Waals surface area contributed by atoms with Crippen LogP contribution in [0, 0.1) is 0 Å². The Labute approximate surface area is 143 Å². The number of nitrogens with zero attached hydrogens (tertiary/aromatic N) is 2. The molecule has 128 valence electrons. The molecule has 1 aromatic carbocycles. The predicted molar refractivity (Wildman–Crippen MR) is 93.2 cm³/mol. The third kappa shape index (κ3) is 5.68. The molecule has 1 saturated heterocycles. The summed E-state index contributed by atoms with van der Waals surface area (Å²) in [7, 11) is 1.71. The normalized spacial score (nSPS) is 17.1. The van der Waals surface area contributed by atoms with Gasteiger partial charge in [-0.1, -0.05) is 30.7 Å². The van der Waals surface area contributed by atoms with E-state index >= 15 is 0 Å². The lowest BCUT2D eigenvalue weighted by molar-refractivity contribution is 0.106. The van der Waals surface area contributed by atoms with Crippen LogP contribution in [-0.2, 0) is 4.74 Å². The number of benzene rings is 1. The molecule has 1 fully saturated rings. The number of piperazine rings is 1. The van der Waals surface area contributed by atoms with E-state index < -0.39 is 0 Å². The first kappa shape index (κ1) is 18.0. The highest BCUT2D eigenvalue weighted by atomic mass is 35.5. The van der Waals surface area contributed by atoms with Gasteiger partial charge in [0.25, 0.3) is 0 Å². The van der Waals surface area contributed by atoms with Gasteiger partial charge in [0.1, 0.15) is 0 Å². The minimum absolute atomic E-state index is 0.0252. The summed E-state index contributed by atoms with van der Waals surface area (Å²) in [6.45, 7) is 7.75. The summed E-state index contributed by atoms with van der Waals surface area (Å²) in [6, 6.07) is 7.81. The van der Waals surface area contributed by atoms with E-state index in [1.165, 1.54) is 5.56 Å². The van der Waals surface area contributed by atoms with Gasteiger partial charge in [0.2, 0.25) is 0 Å². The number of hydrogen-bond donors (Lipinski definition) is 1. The maximum absolute atomic E-state index is 12.3.